The fraction of sp³-hybridized carbons (Fsp3) is 0.381. The van der Waals surface area contributed by atoms with Crippen molar-refractivity contribution in [1.29, 1.82) is 0 Å². The zero-order valence-corrected chi connectivity index (χ0v) is 19.3. The molecule has 0 bridgehead atoms. The van der Waals surface area contributed by atoms with Crippen LogP contribution in [0.5, 0.6) is 0 Å². The van der Waals surface area contributed by atoms with Gasteiger partial charge >= 0.3 is 11.9 Å². The number of H-pyrrole nitrogens is 1. The second-order valence-corrected chi connectivity index (χ2v) is 8.02. The molecule has 0 fully saturated rings. The van der Waals surface area contributed by atoms with Crippen LogP contribution in [-0.4, -0.2) is 86.5 Å². The number of aliphatic hydroxyl groups excluding tert-OH is 1. The van der Waals surface area contributed by atoms with Crippen molar-refractivity contribution in [2.24, 2.45) is 5.73 Å². The number of carboxylic acids is 2. The number of hydrogen-bond acceptors (Lipinski definition) is 8. The Morgan fingerprint density at radius 2 is 1.54 bits per heavy atom. The third kappa shape index (κ3) is 7.70. The summed E-state index contributed by atoms with van der Waals surface area (Å²) < 4.78 is 0. The van der Waals surface area contributed by atoms with Crippen molar-refractivity contribution in [3.05, 3.63) is 36.0 Å². The lowest BCUT2D eigenvalue weighted by Crippen LogP contribution is -2.58. The van der Waals surface area contributed by atoms with Gasteiger partial charge in [0.1, 0.15) is 24.2 Å². The molecule has 0 saturated carbocycles. The smallest absolute Gasteiger partial charge is 0.326 e. The number of nitrogens with one attached hydrogen (secondary N) is 4. The standard InChI is InChI=1S/C21H27N5O8S/c22-12(8-27)18(30)26-16(9-35)20(32)24-14(19(31)25-15(21(33)34)6-17(28)29)5-10-7-23-13-4-2-1-3-11(10)13/h1-4,7,12,14-16,23,27,35H,5-6,8-9,22H2,(H,24,32)(H,25,31)(H,26,30)(H,28,29)(H,33,34). The van der Waals surface area contributed by atoms with Gasteiger partial charge in [-0.2, -0.15) is 12.6 Å². The maximum absolute atomic E-state index is 13.0. The highest BCUT2D eigenvalue weighted by Crippen LogP contribution is 2.19. The third-order valence-corrected chi connectivity index (χ3v) is 5.44. The van der Waals surface area contributed by atoms with Gasteiger partial charge in [0.05, 0.1) is 13.0 Å². The Hall–Kier alpha value is -3.62. The Morgan fingerprint density at radius 1 is 0.943 bits per heavy atom. The Morgan fingerprint density at radius 3 is 2.14 bits per heavy atom. The van der Waals surface area contributed by atoms with E-state index in [9.17, 15) is 29.1 Å². The first-order valence-corrected chi connectivity index (χ1v) is 11.1. The van der Waals surface area contributed by atoms with Gasteiger partial charge in [-0.1, -0.05) is 18.2 Å². The van der Waals surface area contributed by atoms with Gasteiger partial charge in [0.2, 0.25) is 17.7 Å². The van der Waals surface area contributed by atoms with Crippen molar-refractivity contribution < 1.29 is 39.3 Å². The summed E-state index contributed by atoms with van der Waals surface area (Å²) in [6, 6.07) is 1.60. The molecule has 1 heterocycles. The number of carboxylic acid groups (broad SMARTS) is 2. The zero-order valence-electron chi connectivity index (χ0n) is 18.4. The molecule has 190 valence electrons. The van der Waals surface area contributed by atoms with Gasteiger partial charge in [-0.05, 0) is 11.6 Å². The van der Waals surface area contributed by atoms with Gasteiger partial charge < -0.3 is 42.0 Å². The maximum Gasteiger partial charge on any atom is 0.326 e. The molecule has 0 aliphatic rings. The minimum Gasteiger partial charge on any atom is -0.481 e. The van der Waals surface area contributed by atoms with E-state index >= 15 is 0 Å². The lowest BCUT2D eigenvalue weighted by Gasteiger charge is -2.24. The van der Waals surface area contributed by atoms with Gasteiger partial charge in [-0.25, -0.2) is 4.79 Å². The molecule has 2 aromatic rings. The summed E-state index contributed by atoms with van der Waals surface area (Å²) in [5, 5.41) is 34.9. The first kappa shape index (κ1) is 27.6. The Bertz CT molecular complexity index is 1090. The number of thiol groups is 1. The molecule has 35 heavy (non-hydrogen) atoms. The lowest BCUT2D eigenvalue weighted by atomic mass is 10.0. The van der Waals surface area contributed by atoms with Crippen LogP contribution in [0.25, 0.3) is 10.9 Å². The van der Waals surface area contributed by atoms with Crippen LogP contribution in [0.15, 0.2) is 30.5 Å². The topological polar surface area (TPSA) is 224 Å². The number of fused-ring (bicyclic) bond motifs is 1. The highest BCUT2D eigenvalue weighted by molar-refractivity contribution is 7.80. The van der Waals surface area contributed by atoms with E-state index in [1.165, 1.54) is 0 Å². The highest BCUT2D eigenvalue weighted by atomic mass is 32.1. The van der Waals surface area contributed by atoms with Crippen LogP contribution in [-0.2, 0) is 30.4 Å². The van der Waals surface area contributed by atoms with E-state index in [4.69, 9.17) is 15.9 Å². The van der Waals surface area contributed by atoms with Crippen molar-refractivity contribution in [3.8, 4) is 0 Å². The predicted molar refractivity (Wildman–Crippen MR) is 127 cm³/mol. The number of aromatic amines is 1. The quantitative estimate of drug-likeness (QED) is 0.136. The number of rotatable bonds is 13. The molecule has 14 heteroatoms. The van der Waals surface area contributed by atoms with E-state index in [0.29, 0.717) is 5.56 Å². The van der Waals surface area contributed by atoms with Crippen LogP contribution in [0.3, 0.4) is 0 Å². The molecular weight excluding hydrogens is 482 g/mol. The summed E-state index contributed by atoms with van der Waals surface area (Å²) in [7, 11) is 0. The summed E-state index contributed by atoms with van der Waals surface area (Å²) in [6.45, 7) is -0.654. The molecule has 2 rings (SSSR count). The van der Waals surface area contributed by atoms with Crippen LogP contribution in [0.2, 0.25) is 0 Å². The number of aliphatic carboxylic acids is 2. The fourth-order valence-electron chi connectivity index (χ4n) is 3.20. The first-order valence-electron chi connectivity index (χ1n) is 10.4. The number of aliphatic hydroxyl groups is 1. The van der Waals surface area contributed by atoms with E-state index in [0.717, 1.165) is 10.9 Å². The largest absolute Gasteiger partial charge is 0.481 e. The van der Waals surface area contributed by atoms with E-state index in [1.807, 2.05) is 0 Å². The van der Waals surface area contributed by atoms with Crippen molar-refractivity contribution >= 4 is 53.2 Å². The minimum atomic E-state index is -1.73. The summed E-state index contributed by atoms with van der Waals surface area (Å²) >= 11 is 4.03. The number of nitrogens with two attached hydrogens (primary N) is 1. The second kappa shape index (κ2) is 12.7. The van der Waals surface area contributed by atoms with E-state index in [2.05, 4.69) is 33.6 Å². The van der Waals surface area contributed by atoms with Crippen molar-refractivity contribution in [3.63, 3.8) is 0 Å². The molecule has 1 aromatic heterocycles. The molecule has 0 aliphatic carbocycles. The molecule has 1 aromatic carbocycles. The van der Waals surface area contributed by atoms with Crippen molar-refractivity contribution in [2.75, 3.05) is 12.4 Å². The molecule has 13 nitrogen and oxygen atoms in total. The number of hydrogen-bond donors (Lipinski definition) is 9. The summed E-state index contributed by atoms with van der Waals surface area (Å²) in [5.41, 5.74) is 6.83. The summed E-state index contributed by atoms with van der Waals surface area (Å²) in [6.07, 6.45) is 0.675. The number of amides is 3. The Labute approximate surface area is 204 Å². The van der Waals surface area contributed by atoms with Gasteiger partial charge in [0, 0.05) is 29.3 Å². The third-order valence-electron chi connectivity index (χ3n) is 5.07. The van der Waals surface area contributed by atoms with Crippen LogP contribution < -0.4 is 21.7 Å². The Balaban J connectivity index is 2.28. The lowest BCUT2D eigenvalue weighted by molar-refractivity contribution is -0.147. The number of para-hydroxylation sites is 1. The van der Waals surface area contributed by atoms with Gasteiger partial charge in [-0.3, -0.25) is 19.2 Å². The van der Waals surface area contributed by atoms with Crippen LogP contribution in [0, 0.1) is 0 Å². The van der Waals surface area contributed by atoms with Crippen LogP contribution in [0.1, 0.15) is 12.0 Å². The summed E-state index contributed by atoms with van der Waals surface area (Å²) in [5.74, 6) is -5.73. The maximum atomic E-state index is 13.0. The normalized spacial score (nSPS) is 14.4. The average molecular weight is 510 g/mol. The molecular formula is C21H27N5O8S. The Kier molecular flexibility index (Phi) is 10.1. The second-order valence-electron chi connectivity index (χ2n) is 7.65. The van der Waals surface area contributed by atoms with Crippen molar-refractivity contribution in [2.45, 2.75) is 37.0 Å². The SMILES string of the molecule is NC(CO)C(=O)NC(CS)C(=O)NC(Cc1c[nH]c2ccccc12)C(=O)NC(CC(=O)O)C(=O)O. The molecule has 0 saturated heterocycles. The van der Waals surface area contributed by atoms with Gasteiger partial charge in [0.25, 0.3) is 0 Å². The van der Waals surface area contributed by atoms with Crippen molar-refractivity contribution in [1.82, 2.24) is 20.9 Å². The molecule has 0 radical (unpaired) electrons. The molecule has 4 atom stereocenters. The van der Waals surface area contributed by atoms with E-state index < -0.39 is 66.9 Å². The van der Waals surface area contributed by atoms with E-state index in [-0.39, 0.29) is 12.2 Å². The van der Waals surface area contributed by atoms with Gasteiger partial charge in [-0.15, -0.1) is 0 Å². The van der Waals surface area contributed by atoms with Gasteiger partial charge in [0.15, 0.2) is 0 Å². The van der Waals surface area contributed by atoms with Crippen LogP contribution in [0.4, 0.5) is 0 Å². The molecule has 0 aliphatic heterocycles. The highest BCUT2D eigenvalue weighted by Gasteiger charge is 2.31. The fourth-order valence-corrected chi connectivity index (χ4v) is 3.46. The molecule has 4 unspecified atom stereocenters. The number of carbonyl (C=O) groups is 5. The summed E-state index contributed by atoms with van der Waals surface area (Å²) in [4.78, 5) is 63.2. The molecule has 9 N–H and O–H groups in total. The molecule has 3 amide bonds. The minimum absolute atomic E-state index is 0.0790. The molecule has 0 spiro atoms. The first-order chi connectivity index (χ1) is 16.6. The number of aromatic nitrogens is 1. The average Bonchev–Trinajstić information content (AvgIpc) is 3.23. The van der Waals surface area contributed by atoms with E-state index in [1.54, 1.807) is 30.5 Å². The number of benzene rings is 1. The van der Waals surface area contributed by atoms with Crippen LogP contribution >= 0.6 is 12.6 Å². The predicted octanol–water partition coefficient (Wildman–Crippen LogP) is -2.03. The number of carbonyl (C=O) groups excluding carboxylic acids is 3. The zero-order chi connectivity index (χ0) is 26.1. The monoisotopic (exact) mass is 509 g/mol.